The van der Waals surface area contributed by atoms with Crippen LogP contribution < -0.4 is 5.32 Å². The van der Waals surface area contributed by atoms with Gasteiger partial charge in [0, 0.05) is 17.1 Å². The molecule has 0 bridgehead atoms. The zero-order chi connectivity index (χ0) is 11.3. The van der Waals surface area contributed by atoms with Crippen molar-refractivity contribution in [2.75, 3.05) is 20.7 Å². The third-order valence-electron chi connectivity index (χ3n) is 2.15. The summed E-state index contributed by atoms with van der Waals surface area (Å²) in [5.74, 6) is -0.211. The molecule has 0 atom stereocenters. The van der Waals surface area contributed by atoms with Crippen LogP contribution in [0, 0.1) is 5.82 Å². The molecular weight excluding hydrogens is 261 g/mol. The van der Waals surface area contributed by atoms with Crippen molar-refractivity contribution in [1.82, 2.24) is 5.32 Å². The van der Waals surface area contributed by atoms with Gasteiger partial charge >= 0.3 is 0 Å². The first-order valence-corrected chi connectivity index (χ1v) is 5.58. The van der Waals surface area contributed by atoms with Crippen LogP contribution in [0.5, 0.6) is 0 Å². The maximum Gasteiger partial charge on any atom is 0.130 e. The standard InChI is InChI=1S/C11H15BrFNO/c1-14-4-3-8-5-10(12)9(7-15-2)11(13)6-8/h5-6,14H,3-4,7H2,1-2H3. The van der Waals surface area contributed by atoms with E-state index in [4.69, 9.17) is 4.74 Å². The lowest BCUT2D eigenvalue weighted by Crippen LogP contribution is -2.10. The molecule has 84 valence electrons. The Morgan fingerprint density at radius 3 is 2.73 bits per heavy atom. The minimum Gasteiger partial charge on any atom is -0.380 e. The molecule has 0 aliphatic rings. The van der Waals surface area contributed by atoms with E-state index in [1.165, 1.54) is 0 Å². The van der Waals surface area contributed by atoms with Crippen LogP contribution in [0.25, 0.3) is 0 Å². The van der Waals surface area contributed by atoms with E-state index < -0.39 is 0 Å². The molecule has 0 aliphatic carbocycles. The molecule has 4 heteroatoms. The first-order valence-electron chi connectivity index (χ1n) is 4.79. The lowest BCUT2D eigenvalue weighted by molar-refractivity contribution is 0.181. The molecular formula is C11H15BrFNO. The SMILES string of the molecule is CNCCc1cc(F)c(COC)c(Br)c1. The number of hydrogen-bond acceptors (Lipinski definition) is 2. The lowest BCUT2D eigenvalue weighted by Gasteiger charge is -2.08. The molecule has 0 saturated heterocycles. The van der Waals surface area contributed by atoms with Gasteiger partial charge in [0.15, 0.2) is 0 Å². The summed E-state index contributed by atoms with van der Waals surface area (Å²) in [7, 11) is 3.44. The second-order valence-electron chi connectivity index (χ2n) is 3.32. The average molecular weight is 276 g/mol. The Bertz CT molecular complexity index is 307. The van der Waals surface area contributed by atoms with Crippen molar-refractivity contribution in [1.29, 1.82) is 0 Å². The van der Waals surface area contributed by atoms with Crippen molar-refractivity contribution in [3.63, 3.8) is 0 Å². The van der Waals surface area contributed by atoms with Gasteiger partial charge in [-0.1, -0.05) is 15.9 Å². The van der Waals surface area contributed by atoms with E-state index in [0.29, 0.717) is 12.2 Å². The number of halogens is 2. The van der Waals surface area contributed by atoms with Crippen LogP contribution in [0.1, 0.15) is 11.1 Å². The number of likely N-dealkylation sites (N-methyl/N-ethyl adjacent to an activating group) is 1. The Morgan fingerprint density at radius 2 is 2.20 bits per heavy atom. The molecule has 1 rings (SSSR count). The van der Waals surface area contributed by atoms with Gasteiger partial charge in [0.05, 0.1) is 6.61 Å². The monoisotopic (exact) mass is 275 g/mol. The number of ether oxygens (including phenoxy) is 1. The molecule has 0 aliphatic heterocycles. The number of benzene rings is 1. The highest BCUT2D eigenvalue weighted by molar-refractivity contribution is 9.10. The van der Waals surface area contributed by atoms with Gasteiger partial charge in [-0.15, -0.1) is 0 Å². The molecule has 0 heterocycles. The van der Waals surface area contributed by atoms with Crippen LogP contribution >= 0.6 is 15.9 Å². The topological polar surface area (TPSA) is 21.3 Å². The molecule has 1 aromatic rings. The normalized spacial score (nSPS) is 10.7. The van der Waals surface area contributed by atoms with Crippen LogP contribution in [-0.2, 0) is 17.8 Å². The summed E-state index contributed by atoms with van der Waals surface area (Å²) in [6, 6.07) is 3.51. The molecule has 0 amide bonds. The van der Waals surface area contributed by atoms with Gasteiger partial charge in [-0.2, -0.15) is 0 Å². The Balaban J connectivity index is 2.87. The lowest BCUT2D eigenvalue weighted by atomic mass is 10.1. The predicted molar refractivity (Wildman–Crippen MR) is 62.4 cm³/mol. The third-order valence-corrected chi connectivity index (χ3v) is 2.86. The minimum atomic E-state index is -0.211. The molecule has 1 aromatic carbocycles. The quantitative estimate of drug-likeness (QED) is 0.892. The van der Waals surface area contributed by atoms with Gasteiger partial charge in [-0.3, -0.25) is 0 Å². The van der Waals surface area contributed by atoms with Gasteiger partial charge in [-0.25, -0.2) is 4.39 Å². The summed E-state index contributed by atoms with van der Waals surface area (Å²) in [5, 5.41) is 3.03. The van der Waals surface area contributed by atoms with Crippen LogP contribution in [0.15, 0.2) is 16.6 Å². The summed E-state index contributed by atoms with van der Waals surface area (Å²) in [6.45, 7) is 1.13. The molecule has 0 spiro atoms. The summed E-state index contributed by atoms with van der Waals surface area (Å²) >= 11 is 3.35. The van der Waals surface area contributed by atoms with Gasteiger partial charge in [-0.05, 0) is 37.7 Å². The van der Waals surface area contributed by atoms with E-state index in [9.17, 15) is 4.39 Å². The highest BCUT2D eigenvalue weighted by atomic mass is 79.9. The first kappa shape index (κ1) is 12.6. The van der Waals surface area contributed by atoms with E-state index in [-0.39, 0.29) is 5.82 Å². The van der Waals surface area contributed by atoms with Gasteiger partial charge in [0.2, 0.25) is 0 Å². The summed E-state index contributed by atoms with van der Waals surface area (Å²) in [5.41, 5.74) is 1.55. The van der Waals surface area contributed by atoms with E-state index in [0.717, 1.165) is 23.0 Å². The van der Waals surface area contributed by atoms with Gasteiger partial charge < -0.3 is 10.1 Å². The Hall–Kier alpha value is -0.450. The maximum atomic E-state index is 13.6. The second kappa shape index (κ2) is 6.20. The summed E-state index contributed by atoms with van der Waals surface area (Å²) in [6.07, 6.45) is 0.819. The van der Waals surface area contributed by atoms with Gasteiger partial charge in [0.1, 0.15) is 5.82 Å². The summed E-state index contributed by atoms with van der Waals surface area (Å²) < 4.78 is 19.3. The van der Waals surface area contributed by atoms with E-state index in [1.54, 1.807) is 13.2 Å². The Morgan fingerprint density at radius 1 is 1.47 bits per heavy atom. The zero-order valence-corrected chi connectivity index (χ0v) is 10.5. The van der Waals surface area contributed by atoms with E-state index >= 15 is 0 Å². The van der Waals surface area contributed by atoms with Gasteiger partial charge in [0.25, 0.3) is 0 Å². The van der Waals surface area contributed by atoms with Crippen molar-refractivity contribution >= 4 is 15.9 Å². The third kappa shape index (κ3) is 3.55. The van der Waals surface area contributed by atoms with E-state index in [2.05, 4.69) is 21.2 Å². The Kier molecular flexibility index (Phi) is 5.22. The molecule has 2 nitrogen and oxygen atoms in total. The molecule has 15 heavy (non-hydrogen) atoms. The van der Waals surface area contributed by atoms with Crippen LogP contribution in [-0.4, -0.2) is 20.7 Å². The fourth-order valence-corrected chi connectivity index (χ4v) is 1.95. The van der Waals surface area contributed by atoms with Crippen molar-refractivity contribution in [3.8, 4) is 0 Å². The molecule has 0 fully saturated rings. The molecule has 0 saturated carbocycles. The fourth-order valence-electron chi connectivity index (χ4n) is 1.35. The fraction of sp³-hybridized carbons (Fsp3) is 0.455. The minimum absolute atomic E-state index is 0.211. The maximum absolute atomic E-state index is 13.6. The number of rotatable bonds is 5. The average Bonchev–Trinajstić information content (AvgIpc) is 2.20. The molecule has 0 unspecified atom stereocenters. The summed E-state index contributed by atoms with van der Waals surface area (Å²) in [4.78, 5) is 0. The van der Waals surface area contributed by atoms with E-state index in [1.807, 2.05) is 13.1 Å². The molecule has 0 radical (unpaired) electrons. The second-order valence-corrected chi connectivity index (χ2v) is 4.18. The van der Waals surface area contributed by atoms with Crippen LogP contribution in [0.3, 0.4) is 0 Å². The molecule has 0 aromatic heterocycles. The van der Waals surface area contributed by atoms with Crippen LogP contribution in [0.2, 0.25) is 0 Å². The molecule has 1 N–H and O–H groups in total. The van der Waals surface area contributed by atoms with Crippen molar-refractivity contribution < 1.29 is 9.13 Å². The Labute approximate surface area is 98.0 Å². The number of nitrogens with one attached hydrogen (secondary N) is 1. The number of hydrogen-bond donors (Lipinski definition) is 1. The highest BCUT2D eigenvalue weighted by Crippen LogP contribution is 2.23. The first-order chi connectivity index (χ1) is 7.19. The van der Waals surface area contributed by atoms with Crippen molar-refractivity contribution in [2.45, 2.75) is 13.0 Å². The zero-order valence-electron chi connectivity index (χ0n) is 8.94. The van der Waals surface area contributed by atoms with Crippen molar-refractivity contribution in [2.24, 2.45) is 0 Å². The van der Waals surface area contributed by atoms with Crippen molar-refractivity contribution in [3.05, 3.63) is 33.5 Å². The largest absolute Gasteiger partial charge is 0.380 e. The highest BCUT2D eigenvalue weighted by Gasteiger charge is 2.08. The smallest absolute Gasteiger partial charge is 0.130 e. The predicted octanol–water partition coefficient (Wildman–Crippen LogP) is 2.50. The number of methoxy groups -OCH3 is 1. The van der Waals surface area contributed by atoms with Crippen LogP contribution in [0.4, 0.5) is 4.39 Å².